The molecule has 7 heteroatoms. The fourth-order valence-corrected chi connectivity index (χ4v) is 3.47. The summed E-state index contributed by atoms with van der Waals surface area (Å²) in [6.07, 6.45) is 0.326. The monoisotopic (exact) mass is 405 g/mol. The molecule has 1 aromatic heterocycles. The molecule has 1 fully saturated rings. The van der Waals surface area contributed by atoms with Gasteiger partial charge in [-0.05, 0) is 55.3 Å². The first-order valence-corrected chi connectivity index (χ1v) is 9.50. The standard InChI is InChI=1S/C23H19NO6/c1-13-8-18-16(11-22(27)30-19(18)9-14(13)2)12-29-23(28)15-4-3-5-17(10-15)24-20(25)6-7-21(24)26/h3-5,8-11H,6-7,12H2,1-2H3. The van der Waals surface area contributed by atoms with E-state index >= 15 is 0 Å². The smallest absolute Gasteiger partial charge is 0.338 e. The molecule has 2 heterocycles. The average molecular weight is 405 g/mol. The SMILES string of the molecule is Cc1cc2oc(=O)cc(COC(=O)c3cccc(N4C(=O)CCC4=O)c3)c2cc1C. The van der Waals surface area contributed by atoms with Crippen LogP contribution in [0.4, 0.5) is 5.69 Å². The normalized spacial score (nSPS) is 13.9. The molecule has 2 amide bonds. The Balaban J connectivity index is 1.58. The predicted molar refractivity (Wildman–Crippen MR) is 109 cm³/mol. The van der Waals surface area contributed by atoms with Gasteiger partial charge in [-0.3, -0.25) is 14.5 Å². The van der Waals surface area contributed by atoms with Crippen molar-refractivity contribution in [1.82, 2.24) is 0 Å². The third kappa shape index (κ3) is 3.61. The van der Waals surface area contributed by atoms with Crippen LogP contribution in [0.2, 0.25) is 0 Å². The highest BCUT2D eigenvalue weighted by atomic mass is 16.5. The molecule has 1 aliphatic heterocycles. The van der Waals surface area contributed by atoms with E-state index in [0.717, 1.165) is 16.0 Å². The zero-order valence-electron chi connectivity index (χ0n) is 16.6. The quantitative estimate of drug-likeness (QED) is 0.375. The van der Waals surface area contributed by atoms with Crippen LogP contribution in [-0.4, -0.2) is 17.8 Å². The molecular weight excluding hydrogens is 386 g/mol. The second-order valence-corrected chi connectivity index (χ2v) is 7.27. The number of esters is 1. The number of benzene rings is 2. The highest BCUT2D eigenvalue weighted by Crippen LogP contribution is 2.25. The molecule has 0 aliphatic carbocycles. The number of hydrogen-bond acceptors (Lipinski definition) is 6. The fourth-order valence-electron chi connectivity index (χ4n) is 3.47. The van der Waals surface area contributed by atoms with Gasteiger partial charge in [0.2, 0.25) is 11.8 Å². The molecule has 0 atom stereocenters. The minimum atomic E-state index is -0.624. The molecule has 30 heavy (non-hydrogen) atoms. The van der Waals surface area contributed by atoms with Gasteiger partial charge in [-0.1, -0.05) is 6.07 Å². The van der Waals surface area contributed by atoms with Gasteiger partial charge >= 0.3 is 11.6 Å². The van der Waals surface area contributed by atoms with Gasteiger partial charge in [-0.15, -0.1) is 0 Å². The number of anilines is 1. The lowest BCUT2D eigenvalue weighted by atomic mass is 10.0. The Labute approximate surface area is 171 Å². The third-order valence-corrected chi connectivity index (χ3v) is 5.19. The lowest BCUT2D eigenvalue weighted by molar-refractivity contribution is -0.121. The van der Waals surface area contributed by atoms with E-state index in [-0.39, 0.29) is 36.8 Å². The number of aryl methyl sites for hydroxylation is 2. The maximum atomic E-state index is 12.6. The van der Waals surface area contributed by atoms with Gasteiger partial charge in [0.25, 0.3) is 0 Å². The first-order chi connectivity index (χ1) is 14.3. The fraction of sp³-hybridized carbons (Fsp3) is 0.217. The molecule has 2 aromatic carbocycles. The van der Waals surface area contributed by atoms with Crippen molar-refractivity contribution in [3.8, 4) is 0 Å². The van der Waals surface area contributed by atoms with Crippen LogP contribution in [0.5, 0.6) is 0 Å². The van der Waals surface area contributed by atoms with Gasteiger partial charge in [0.1, 0.15) is 12.2 Å². The molecule has 4 rings (SSSR count). The zero-order valence-corrected chi connectivity index (χ0v) is 16.6. The Morgan fingerprint density at radius 3 is 2.43 bits per heavy atom. The maximum absolute atomic E-state index is 12.6. The van der Waals surface area contributed by atoms with Gasteiger partial charge < -0.3 is 9.15 Å². The molecule has 3 aromatic rings. The summed E-state index contributed by atoms with van der Waals surface area (Å²) in [7, 11) is 0. The number of rotatable bonds is 4. The van der Waals surface area contributed by atoms with Gasteiger partial charge in [0.05, 0.1) is 11.3 Å². The molecule has 0 saturated carbocycles. The topological polar surface area (TPSA) is 93.9 Å². The number of carbonyl (C=O) groups excluding carboxylic acids is 3. The molecule has 0 unspecified atom stereocenters. The van der Waals surface area contributed by atoms with Crippen LogP contribution in [0.15, 0.2) is 51.7 Å². The minimum absolute atomic E-state index is 0.116. The number of imide groups is 1. The number of nitrogens with zero attached hydrogens (tertiary/aromatic N) is 1. The van der Waals surface area contributed by atoms with Crippen LogP contribution in [-0.2, 0) is 20.9 Å². The third-order valence-electron chi connectivity index (χ3n) is 5.19. The Morgan fingerprint density at radius 2 is 1.70 bits per heavy atom. The van der Waals surface area contributed by atoms with Gasteiger partial charge in [0.15, 0.2) is 0 Å². The number of amides is 2. The summed E-state index contributed by atoms with van der Waals surface area (Å²) in [6.45, 7) is 3.75. The number of ether oxygens (including phenoxy) is 1. The largest absolute Gasteiger partial charge is 0.457 e. The van der Waals surface area contributed by atoms with E-state index in [1.165, 1.54) is 12.1 Å². The summed E-state index contributed by atoms with van der Waals surface area (Å²) < 4.78 is 10.7. The highest BCUT2D eigenvalue weighted by Gasteiger charge is 2.30. The van der Waals surface area contributed by atoms with E-state index in [1.807, 2.05) is 19.9 Å². The summed E-state index contributed by atoms with van der Waals surface area (Å²) in [5, 5.41) is 0.701. The zero-order chi connectivity index (χ0) is 21.4. The van der Waals surface area contributed by atoms with Crippen LogP contribution >= 0.6 is 0 Å². The molecule has 0 spiro atoms. The highest BCUT2D eigenvalue weighted by molar-refractivity contribution is 6.20. The molecule has 7 nitrogen and oxygen atoms in total. The molecular formula is C23H19NO6. The van der Waals surface area contributed by atoms with E-state index < -0.39 is 11.6 Å². The van der Waals surface area contributed by atoms with Crippen molar-refractivity contribution in [2.45, 2.75) is 33.3 Å². The molecule has 1 aliphatic rings. The van der Waals surface area contributed by atoms with E-state index in [2.05, 4.69) is 0 Å². The van der Waals surface area contributed by atoms with E-state index in [0.29, 0.717) is 22.2 Å². The van der Waals surface area contributed by atoms with Crippen molar-refractivity contribution in [2.24, 2.45) is 0 Å². The summed E-state index contributed by atoms with van der Waals surface area (Å²) in [5.41, 5.74) is 3.01. The van der Waals surface area contributed by atoms with E-state index in [9.17, 15) is 19.2 Å². The summed E-state index contributed by atoms with van der Waals surface area (Å²) in [5.74, 6) is -1.21. The van der Waals surface area contributed by atoms with Crippen LogP contribution < -0.4 is 10.5 Å². The van der Waals surface area contributed by atoms with Crippen LogP contribution in [0.3, 0.4) is 0 Å². The summed E-state index contributed by atoms with van der Waals surface area (Å²) in [4.78, 5) is 49.4. The predicted octanol–water partition coefficient (Wildman–Crippen LogP) is 3.42. The van der Waals surface area contributed by atoms with Crippen LogP contribution in [0, 0.1) is 13.8 Å². The molecule has 0 radical (unpaired) electrons. The minimum Gasteiger partial charge on any atom is -0.457 e. The number of carbonyl (C=O) groups is 3. The Hall–Kier alpha value is -3.74. The Morgan fingerprint density at radius 1 is 1.00 bits per heavy atom. The first-order valence-electron chi connectivity index (χ1n) is 9.50. The van der Waals surface area contributed by atoms with Crippen LogP contribution in [0.25, 0.3) is 11.0 Å². The van der Waals surface area contributed by atoms with E-state index in [1.54, 1.807) is 24.3 Å². The van der Waals surface area contributed by atoms with Crippen molar-refractivity contribution >= 4 is 34.4 Å². The maximum Gasteiger partial charge on any atom is 0.338 e. The van der Waals surface area contributed by atoms with Gasteiger partial charge in [-0.2, -0.15) is 0 Å². The van der Waals surface area contributed by atoms with Crippen molar-refractivity contribution in [3.63, 3.8) is 0 Å². The van der Waals surface area contributed by atoms with Crippen LogP contribution in [0.1, 0.15) is 39.9 Å². The molecule has 152 valence electrons. The summed E-state index contributed by atoms with van der Waals surface area (Å²) >= 11 is 0. The van der Waals surface area contributed by atoms with Crippen molar-refractivity contribution in [3.05, 3.63) is 75.1 Å². The lowest BCUT2D eigenvalue weighted by Gasteiger charge is -2.14. The second kappa shape index (κ2) is 7.59. The number of fused-ring (bicyclic) bond motifs is 1. The van der Waals surface area contributed by atoms with Crippen molar-refractivity contribution in [1.29, 1.82) is 0 Å². The summed E-state index contributed by atoms with van der Waals surface area (Å²) in [6, 6.07) is 11.2. The lowest BCUT2D eigenvalue weighted by Crippen LogP contribution is -2.28. The van der Waals surface area contributed by atoms with Crippen molar-refractivity contribution < 1.29 is 23.5 Å². The molecule has 0 bridgehead atoms. The molecule has 0 N–H and O–H groups in total. The number of hydrogen-bond donors (Lipinski definition) is 0. The Kier molecular flexibility index (Phi) is 4.95. The van der Waals surface area contributed by atoms with Crippen molar-refractivity contribution in [2.75, 3.05) is 4.90 Å². The van der Waals surface area contributed by atoms with E-state index in [4.69, 9.17) is 9.15 Å². The average Bonchev–Trinajstić information content (AvgIpc) is 3.05. The van der Waals surface area contributed by atoms with Gasteiger partial charge in [0, 0.05) is 29.9 Å². The Bertz CT molecular complexity index is 1240. The van der Waals surface area contributed by atoms with Gasteiger partial charge in [-0.25, -0.2) is 9.59 Å². The second-order valence-electron chi connectivity index (χ2n) is 7.27. The first kappa shape index (κ1) is 19.6. The molecule has 1 saturated heterocycles.